The second kappa shape index (κ2) is 9.65. The number of benzene rings is 2. The van der Waals surface area contributed by atoms with Gasteiger partial charge in [0.15, 0.2) is 12.3 Å². The zero-order valence-corrected chi connectivity index (χ0v) is 16.8. The monoisotopic (exact) mass is 398 g/mol. The van der Waals surface area contributed by atoms with Gasteiger partial charge in [-0.25, -0.2) is 9.18 Å². The second-order valence-corrected chi connectivity index (χ2v) is 7.32. The van der Waals surface area contributed by atoms with E-state index < -0.39 is 30.3 Å². The maximum absolute atomic E-state index is 15.4. The van der Waals surface area contributed by atoms with Crippen LogP contribution in [0.1, 0.15) is 36.2 Å². The van der Waals surface area contributed by atoms with Gasteiger partial charge in [0, 0.05) is 26.1 Å². The summed E-state index contributed by atoms with van der Waals surface area (Å²) in [6, 6.07) is 17.5. The molecule has 0 aliphatic carbocycles. The number of nitrogens with one attached hydrogen (secondary N) is 1. The van der Waals surface area contributed by atoms with E-state index in [1.807, 2.05) is 42.2 Å². The van der Waals surface area contributed by atoms with Crippen molar-refractivity contribution in [3.8, 4) is 0 Å². The van der Waals surface area contributed by atoms with Gasteiger partial charge in [-0.2, -0.15) is 0 Å². The third kappa shape index (κ3) is 5.01. The van der Waals surface area contributed by atoms with E-state index in [9.17, 15) is 9.59 Å². The van der Waals surface area contributed by atoms with Gasteiger partial charge in [-0.05, 0) is 24.1 Å². The van der Waals surface area contributed by atoms with Crippen LogP contribution in [0, 0.1) is 0 Å². The molecule has 1 fully saturated rings. The number of likely N-dealkylation sites (tertiary alicyclic amines) is 1. The molecule has 0 spiro atoms. The fourth-order valence-corrected chi connectivity index (χ4v) is 3.93. The van der Waals surface area contributed by atoms with Gasteiger partial charge < -0.3 is 10.1 Å². The molecule has 0 unspecified atom stereocenters. The molecular weight excluding hydrogens is 371 g/mol. The molecule has 4 atom stereocenters. The maximum Gasteiger partial charge on any atom is 0.338 e. The van der Waals surface area contributed by atoms with Crippen LogP contribution in [0.4, 0.5) is 4.39 Å². The molecule has 0 saturated carbocycles. The summed E-state index contributed by atoms with van der Waals surface area (Å²) in [6.07, 6.45) is -1.72. The molecular formula is C23H27FN2O3. The topological polar surface area (TPSA) is 58.6 Å². The first-order chi connectivity index (χ1) is 14.0. The lowest BCUT2D eigenvalue weighted by Crippen LogP contribution is -2.47. The molecule has 2 aromatic rings. The first-order valence-corrected chi connectivity index (χ1v) is 9.95. The minimum atomic E-state index is -1.34. The molecule has 0 radical (unpaired) electrons. The third-order valence-electron chi connectivity index (χ3n) is 5.35. The van der Waals surface area contributed by atoms with Gasteiger partial charge >= 0.3 is 5.97 Å². The number of hydrogen-bond donors (Lipinski definition) is 1. The van der Waals surface area contributed by atoms with Crippen molar-refractivity contribution < 1.29 is 18.7 Å². The summed E-state index contributed by atoms with van der Waals surface area (Å²) in [4.78, 5) is 26.1. The molecule has 1 aliphatic rings. The van der Waals surface area contributed by atoms with Crippen LogP contribution in [0.3, 0.4) is 0 Å². The number of halogens is 1. The van der Waals surface area contributed by atoms with Crippen LogP contribution >= 0.6 is 0 Å². The molecule has 154 valence electrons. The number of hydrogen-bond acceptors (Lipinski definition) is 4. The summed E-state index contributed by atoms with van der Waals surface area (Å²) in [5.74, 6) is -0.754. The number of esters is 1. The fraction of sp³-hybridized carbons (Fsp3) is 0.391. The number of alkyl halides is 1. The molecule has 1 amide bonds. The zero-order chi connectivity index (χ0) is 20.8. The SMILES string of the molecule is CC[C@@H]1[C@@H](F)[C@H](OC(=O)c2ccccc2)[C@@H](CNC(C)=O)N1Cc1ccccc1. The molecule has 0 aromatic heterocycles. The third-order valence-corrected chi connectivity index (χ3v) is 5.35. The number of carbonyl (C=O) groups is 2. The van der Waals surface area contributed by atoms with Crippen LogP contribution in [-0.4, -0.2) is 47.7 Å². The Morgan fingerprint density at radius 3 is 2.24 bits per heavy atom. The van der Waals surface area contributed by atoms with Crippen LogP contribution in [0.2, 0.25) is 0 Å². The fourth-order valence-electron chi connectivity index (χ4n) is 3.93. The smallest absolute Gasteiger partial charge is 0.338 e. The van der Waals surface area contributed by atoms with Crippen LogP contribution in [0.15, 0.2) is 60.7 Å². The normalized spacial score (nSPS) is 24.2. The summed E-state index contributed by atoms with van der Waals surface area (Å²) in [5.41, 5.74) is 1.42. The highest BCUT2D eigenvalue weighted by Crippen LogP contribution is 2.33. The molecule has 29 heavy (non-hydrogen) atoms. The summed E-state index contributed by atoms with van der Waals surface area (Å²) in [7, 11) is 0. The Bertz CT molecular complexity index is 815. The lowest BCUT2D eigenvalue weighted by atomic mass is 10.1. The lowest BCUT2D eigenvalue weighted by molar-refractivity contribution is -0.119. The molecule has 3 rings (SSSR count). The Morgan fingerprint density at radius 1 is 1.03 bits per heavy atom. The summed E-state index contributed by atoms with van der Waals surface area (Å²) >= 11 is 0. The molecule has 1 heterocycles. The first-order valence-electron chi connectivity index (χ1n) is 9.95. The van der Waals surface area contributed by atoms with E-state index in [4.69, 9.17) is 4.74 Å². The molecule has 5 nitrogen and oxygen atoms in total. The Balaban J connectivity index is 1.85. The minimum absolute atomic E-state index is 0.201. The van der Waals surface area contributed by atoms with E-state index in [0.717, 1.165) is 5.56 Å². The molecule has 6 heteroatoms. The Kier molecular flexibility index (Phi) is 6.99. The van der Waals surface area contributed by atoms with Crippen molar-refractivity contribution in [1.82, 2.24) is 10.2 Å². The van der Waals surface area contributed by atoms with Gasteiger partial charge in [0.2, 0.25) is 5.91 Å². The van der Waals surface area contributed by atoms with Crippen molar-refractivity contribution in [3.63, 3.8) is 0 Å². The molecule has 0 bridgehead atoms. The summed E-state index contributed by atoms with van der Waals surface area (Å²) in [5, 5.41) is 2.77. The lowest BCUT2D eigenvalue weighted by Gasteiger charge is -2.30. The average molecular weight is 398 g/mol. The Morgan fingerprint density at radius 2 is 1.66 bits per heavy atom. The van der Waals surface area contributed by atoms with Crippen LogP contribution < -0.4 is 5.32 Å². The highest BCUT2D eigenvalue weighted by molar-refractivity contribution is 5.89. The first kappa shape index (κ1) is 21.0. The Labute approximate surface area is 170 Å². The van der Waals surface area contributed by atoms with E-state index in [-0.39, 0.29) is 12.5 Å². The predicted octanol–water partition coefficient (Wildman–Crippen LogP) is 3.35. The maximum atomic E-state index is 15.4. The second-order valence-electron chi connectivity index (χ2n) is 7.32. The van der Waals surface area contributed by atoms with E-state index in [1.165, 1.54) is 6.92 Å². The van der Waals surface area contributed by atoms with E-state index in [1.54, 1.807) is 30.3 Å². The van der Waals surface area contributed by atoms with E-state index in [0.29, 0.717) is 18.5 Å². The van der Waals surface area contributed by atoms with Crippen molar-refractivity contribution in [2.45, 2.75) is 51.2 Å². The van der Waals surface area contributed by atoms with Gasteiger partial charge in [-0.1, -0.05) is 55.5 Å². The molecule has 1 aliphatic heterocycles. The van der Waals surface area contributed by atoms with Crippen molar-refractivity contribution in [2.24, 2.45) is 0 Å². The van der Waals surface area contributed by atoms with Crippen LogP contribution in [-0.2, 0) is 16.1 Å². The molecule has 2 aromatic carbocycles. The standard InChI is InChI=1S/C23H27FN2O3/c1-3-19-21(24)22(29-23(28)18-12-8-5-9-13-18)20(14-25-16(2)27)26(19)15-17-10-6-4-7-11-17/h4-13,19-22H,3,14-15H2,1-2H3,(H,25,27)/t19-,20-,21-,22-/m1/s1. The number of rotatable bonds is 7. The number of ether oxygens (including phenoxy) is 1. The van der Waals surface area contributed by atoms with Crippen molar-refractivity contribution in [3.05, 3.63) is 71.8 Å². The zero-order valence-electron chi connectivity index (χ0n) is 16.8. The van der Waals surface area contributed by atoms with Gasteiger partial charge in [-0.3, -0.25) is 9.69 Å². The minimum Gasteiger partial charge on any atom is -0.454 e. The summed E-state index contributed by atoms with van der Waals surface area (Å²) in [6.45, 7) is 4.08. The average Bonchev–Trinajstić information content (AvgIpc) is 2.97. The van der Waals surface area contributed by atoms with Crippen LogP contribution in [0.5, 0.6) is 0 Å². The largest absolute Gasteiger partial charge is 0.454 e. The van der Waals surface area contributed by atoms with Gasteiger partial charge in [0.25, 0.3) is 0 Å². The van der Waals surface area contributed by atoms with E-state index >= 15 is 4.39 Å². The molecule has 1 saturated heterocycles. The van der Waals surface area contributed by atoms with Crippen molar-refractivity contribution in [2.75, 3.05) is 6.54 Å². The summed E-state index contributed by atoms with van der Waals surface area (Å²) < 4.78 is 21.1. The van der Waals surface area contributed by atoms with Crippen molar-refractivity contribution in [1.29, 1.82) is 0 Å². The number of nitrogens with zero attached hydrogens (tertiary/aromatic N) is 1. The van der Waals surface area contributed by atoms with Crippen molar-refractivity contribution >= 4 is 11.9 Å². The highest BCUT2D eigenvalue weighted by atomic mass is 19.1. The van der Waals surface area contributed by atoms with Gasteiger partial charge in [-0.15, -0.1) is 0 Å². The predicted molar refractivity (Wildman–Crippen MR) is 109 cm³/mol. The Hall–Kier alpha value is -2.73. The number of amides is 1. The van der Waals surface area contributed by atoms with Gasteiger partial charge in [0.1, 0.15) is 0 Å². The van der Waals surface area contributed by atoms with Crippen LogP contribution in [0.25, 0.3) is 0 Å². The van der Waals surface area contributed by atoms with Gasteiger partial charge in [0.05, 0.1) is 11.6 Å². The number of carbonyl (C=O) groups excluding carboxylic acids is 2. The quantitative estimate of drug-likeness (QED) is 0.727. The highest BCUT2D eigenvalue weighted by Gasteiger charge is 2.50. The van der Waals surface area contributed by atoms with E-state index in [2.05, 4.69) is 5.32 Å². The molecule has 1 N–H and O–H groups in total.